The van der Waals surface area contributed by atoms with E-state index in [4.69, 9.17) is 10.7 Å². The number of halogens is 2. The van der Waals surface area contributed by atoms with Crippen molar-refractivity contribution in [2.75, 3.05) is 22.5 Å². The van der Waals surface area contributed by atoms with Gasteiger partial charge in [0.25, 0.3) is 0 Å². The average Bonchev–Trinajstić information content (AvgIpc) is 2.73. The minimum absolute atomic E-state index is 0.332. The van der Waals surface area contributed by atoms with E-state index < -0.39 is 5.82 Å². The van der Waals surface area contributed by atoms with E-state index in [2.05, 4.69) is 23.8 Å². The first kappa shape index (κ1) is 21.2. The van der Waals surface area contributed by atoms with E-state index >= 15 is 0 Å². The maximum Gasteiger partial charge on any atom is 0.158 e. The molecule has 0 amide bonds. The first-order valence-corrected chi connectivity index (χ1v) is 9.85. The maximum atomic E-state index is 13.7. The highest BCUT2D eigenvalue weighted by molar-refractivity contribution is 5.72. The first-order chi connectivity index (χ1) is 14.5. The van der Waals surface area contributed by atoms with E-state index in [0.29, 0.717) is 40.9 Å². The summed E-state index contributed by atoms with van der Waals surface area (Å²) in [5.41, 5.74) is 7.97. The minimum atomic E-state index is -0.417. The van der Waals surface area contributed by atoms with Crippen LogP contribution in [0.3, 0.4) is 0 Å². The summed E-state index contributed by atoms with van der Waals surface area (Å²) in [5.74, 6) is 0.746. The van der Waals surface area contributed by atoms with Gasteiger partial charge in [-0.3, -0.25) is 0 Å². The predicted molar refractivity (Wildman–Crippen MR) is 118 cm³/mol. The van der Waals surface area contributed by atoms with Crippen molar-refractivity contribution in [1.82, 2.24) is 9.97 Å². The summed E-state index contributed by atoms with van der Waals surface area (Å²) in [7, 11) is 0. The molecular formula is C23H25F2N5. The Balaban J connectivity index is 1.93. The Labute approximate surface area is 175 Å². The quantitative estimate of drug-likeness (QED) is 0.451. The van der Waals surface area contributed by atoms with Crippen LogP contribution in [-0.2, 0) is 0 Å². The maximum absolute atomic E-state index is 13.7. The summed E-state index contributed by atoms with van der Waals surface area (Å²) in [6.45, 7) is 6.86. The molecule has 156 valence electrons. The molecule has 0 aliphatic rings. The fourth-order valence-electron chi connectivity index (χ4n) is 3.04. The molecule has 0 atom stereocenters. The Bertz CT molecular complexity index is 1000. The van der Waals surface area contributed by atoms with E-state index in [1.807, 2.05) is 4.90 Å². The van der Waals surface area contributed by atoms with Gasteiger partial charge in [-0.1, -0.05) is 38.5 Å². The molecule has 0 saturated carbocycles. The van der Waals surface area contributed by atoms with Crippen LogP contribution in [0, 0.1) is 11.6 Å². The lowest BCUT2D eigenvalue weighted by molar-refractivity contribution is 0.622. The summed E-state index contributed by atoms with van der Waals surface area (Å²) in [6, 6.07) is 12.6. The SMILES string of the molecule is C=C(Nc1ccc(F)cn1)N(CCCCC)c1nc(-c2cccc(F)c2)ccc1N. The highest BCUT2D eigenvalue weighted by atomic mass is 19.1. The Kier molecular flexibility index (Phi) is 6.95. The third kappa shape index (κ3) is 5.31. The van der Waals surface area contributed by atoms with Crippen molar-refractivity contribution in [2.45, 2.75) is 26.2 Å². The molecule has 2 heterocycles. The van der Waals surface area contributed by atoms with Crippen molar-refractivity contribution < 1.29 is 8.78 Å². The van der Waals surface area contributed by atoms with Crippen LogP contribution in [0.2, 0.25) is 0 Å². The normalized spacial score (nSPS) is 10.6. The first-order valence-electron chi connectivity index (χ1n) is 9.85. The van der Waals surface area contributed by atoms with Gasteiger partial charge in [0.05, 0.1) is 17.6 Å². The van der Waals surface area contributed by atoms with Crippen molar-refractivity contribution in [1.29, 1.82) is 0 Å². The van der Waals surface area contributed by atoms with Crippen molar-refractivity contribution in [2.24, 2.45) is 0 Å². The molecular weight excluding hydrogens is 384 g/mol. The van der Waals surface area contributed by atoms with Crippen molar-refractivity contribution in [3.8, 4) is 11.3 Å². The number of hydrogen-bond acceptors (Lipinski definition) is 5. The van der Waals surface area contributed by atoms with E-state index in [1.54, 1.807) is 24.3 Å². The Hall–Kier alpha value is -3.48. The van der Waals surface area contributed by atoms with Gasteiger partial charge in [-0.05, 0) is 42.8 Å². The smallest absolute Gasteiger partial charge is 0.158 e. The van der Waals surface area contributed by atoms with Crippen LogP contribution >= 0.6 is 0 Å². The molecule has 3 rings (SSSR count). The molecule has 30 heavy (non-hydrogen) atoms. The average molecular weight is 409 g/mol. The molecule has 2 aromatic heterocycles. The zero-order chi connectivity index (χ0) is 21.5. The van der Waals surface area contributed by atoms with Crippen LogP contribution in [-0.4, -0.2) is 16.5 Å². The number of nitrogens with zero attached hydrogens (tertiary/aromatic N) is 3. The van der Waals surface area contributed by atoms with E-state index in [1.165, 1.54) is 24.3 Å². The van der Waals surface area contributed by atoms with E-state index in [-0.39, 0.29) is 5.82 Å². The van der Waals surface area contributed by atoms with Gasteiger partial charge in [0.2, 0.25) is 0 Å². The lowest BCUT2D eigenvalue weighted by Gasteiger charge is -2.28. The molecule has 3 N–H and O–H groups in total. The number of hydrogen-bond donors (Lipinski definition) is 2. The summed E-state index contributed by atoms with van der Waals surface area (Å²) in [6.07, 6.45) is 4.12. The number of benzene rings is 1. The fourth-order valence-corrected chi connectivity index (χ4v) is 3.04. The van der Waals surface area contributed by atoms with Gasteiger partial charge >= 0.3 is 0 Å². The van der Waals surface area contributed by atoms with Crippen LogP contribution in [0.1, 0.15) is 26.2 Å². The second kappa shape index (κ2) is 9.82. The number of unbranched alkanes of at least 4 members (excludes halogenated alkanes) is 2. The van der Waals surface area contributed by atoms with Gasteiger partial charge in [-0.2, -0.15) is 0 Å². The molecule has 5 nitrogen and oxygen atoms in total. The molecule has 0 aliphatic heterocycles. The molecule has 0 saturated heterocycles. The van der Waals surface area contributed by atoms with Crippen LogP contribution in [0.4, 0.5) is 26.1 Å². The third-order valence-corrected chi connectivity index (χ3v) is 4.59. The summed E-state index contributed by atoms with van der Waals surface area (Å²) >= 11 is 0. The van der Waals surface area contributed by atoms with Gasteiger partial charge in [-0.15, -0.1) is 0 Å². The van der Waals surface area contributed by atoms with Gasteiger partial charge in [-0.25, -0.2) is 18.7 Å². The molecule has 0 fully saturated rings. The second-order valence-electron chi connectivity index (χ2n) is 6.91. The van der Waals surface area contributed by atoms with Crippen LogP contribution in [0.5, 0.6) is 0 Å². The zero-order valence-electron chi connectivity index (χ0n) is 16.9. The highest BCUT2D eigenvalue weighted by Crippen LogP contribution is 2.29. The lowest BCUT2D eigenvalue weighted by atomic mass is 10.1. The standard InChI is InChI=1S/C23H25F2N5/c1-3-4-5-13-30(16(2)28-22-12-9-19(25)15-27-22)23-20(26)10-11-21(29-23)17-7-6-8-18(24)14-17/h6-12,14-15H,2-5,13,26H2,1H3,(H,27,28). The Morgan fingerprint density at radius 1 is 1.10 bits per heavy atom. The van der Waals surface area contributed by atoms with Crippen LogP contribution in [0.25, 0.3) is 11.3 Å². The number of pyridine rings is 2. The molecule has 3 aromatic rings. The molecule has 0 aliphatic carbocycles. The number of rotatable bonds is 9. The molecule has 1 aromatic carbocycles. The number of nitrogens with one attached hydrogen (secondary N) is 1. The lowest BCUT2D eigenvalue weighted by Crippen LogP contribution is -2.29. The number of nitrogens with two attached hydrogens (primary N) is 1. The molecule has 0 spiro atoms. The van der Waals surface area contributed by atoms with Crippen LogP contribution in [0.15, 0.2) is 67.1 Å². The fraction of sp³-hybridized carbons (Fsp3) is 0.217. The summed E-state index contributed by atoms with van der Waals surface area (Å²) < 4.78 is 26.8. The third-order valence-electron chi connectivity index (χ3n) is 4.59. The number of nitrogen functional groups attached to an aromatic ring is 1. The number of anilines is 3. The molecule has 7 heteroatoms. The molecule has 0 bridgehead atoms. The van der Waals surface area contributed by atoms with E-state index in [9.17, 15) is 8.78 Å². The predicted octanol–water partition coefficient (Wildman–Crippen LogP) is 5.58. The molecule has 0 unspecified atom stereocenters. The van der Waals surface area contributed by atoms with Gasteiger partial charge in [0, 0.05) is 12.1 Å². The van der Waals surface area contributed by atoms with Gasteiger partial charge in [0.1, 0.15) is 23.3 Å². The Morgan fingerprint density at radius 2 is 1.93 bits per heavy atom. The number of aromatic nitrogens is 2. The minimum Gasteiger partial charge on any atom is -0.396 e. The Morgan fingerprint density at radius 3 is 2.63 bits per heavy atom. The largest absolute Gasteiger partial charge is 0.396 e. The van der Waals surface area contributed by atoms with Gasteiger partial charge in [0.15, 0.2) is 5.82 Å². The summed E-state index contributed by atoms with van der Waals surface area (Å²) in [4.78, 5) is 10.6. The molecule has 0 radical (unpaired) electrons. The van der Waals surface area contributed by atoms with Gasteiger partial charge < -0.3 is 16.0 Å². The van der Waals surface area contributed by atoms with E-state index in [0.717, 1.165) is 25.5 Å². The monoisotopic (exact) mass is 409 g/mol. The zero-order valence-corrected chi connectivity index (χ0v) is 16.9. The van der Waals surface area contributed by atoms with Crippen LogP contribution < -0.4 is 16.0 Å². The van der Waals surface area contributed by atoms with Crippen molar-refractivity contribution in [3.05, 3.63) is 78.8 Å². The van der Waals surface area contributed by atoms with Crippen molar-refractivity contribution in [3.63, 3.8) is 0 Å². The second-order valence-corrected chi connectivity index (χ2v) is 6.91. The highest BCUT2D eigenvalue weighted by Gasteiger charge is 2.17. The summed E-state index contributed by atoms with van der Waals surface area (Å²) in [5, 5.41) is 3.09. The topological polar surface area (TPSA) is 67.1 Å². The van der Waals surface area contributed by atoms with Crippen molar-refractivity contribution >= 4 is 17.3 Å².